The molecular weight excluding hydrogens is 286 g/mol. The number of aromatic nitrogens is 1. The van der Waals surface area contributed by atoms with Crippen LogP contribution in [0.2, 0.25) is 0 Å². The van der Waals surface area contributed by atoms with Gasteiger partial charge in [0.1, 0.15) is 10.8 Å². The summed E-state index contributed by atoms with van der Waals surface area (Å²) in [5.74, 6) is 0.776. The number of hydrogen-bond acceptors (Lipinski definition) is 5. The van der Waals surface area contributed by atoms with Gasteiger partial charge in [0.25, 0.3) is 0 Å². The molecule has 1 amide bonds. The molecule has 1 aromatic carbocycles. The lowest BCUT2D eigenvalue weighted by atomic mass is 10.2. The maximum absolute atomic E-state index is 11.8. The molecule has 0 radical (unpaired) electrons. The van der Waals surface area contributed by atoms with Crippen LogP contribution in [-0.4, -0.2) is 24.5 Å². The Hall–Kier alpha value is -1.92. The largest absolute Gasteiger partial charge is 0.497 e. The van der Waals surface area contributed by atoms with E-state index in [1.54, 1.807) is 24.6 Å². The molecule has 0 aliphatic heterocycles. The molecule has 6 heteroatoms. The number of nitrogens with one attached hydrogen (secondary N) is 2. The highest BCUT2D eigenvalue weighted by molar-refractivity contribution is 7.09. The number of carbonyl (C=O) groups excluding carboxylic acids is 1. The zero-order valence-electron chi connectivity index (χ0n) is 12.1. The van der Waals surface area contributed by atoms with Crippen molar-refractivity contribution in [3.8, 4) is 5.75 Å². The Morgan fingerprint density at radius 3 is 2.76 bits per heavy atom. The molecule has 2 rings (SSSR count). The third kappa shape index (κ3) is 4.84. The predicted molar refractivity (Wildman–Crippen MR) is 83.4 cm³/mol. The Bertz CT molecular complexity index is 555. The van der Waals surface area contributed by atoms with E-state index in [0.29, 0.717) is 6.54 Å². The highest BCUT2D eigenvalue weighted by Gasteiger charge is 2.09. The molecule has 1 atom stereocenters. The normalized spacial score (nSPS) is 11.9. The number of thiazole rings is 1. The van der Waals surface area contributed by atoms with Gasteiger partial charge in [0.05, 0.1) is 19.7 Å². The predicted octanol–water partition coefficient (Wildman–Crippen LogP) is 2.12. The van der Waals surface area contributed by atoms with Gasteiger partial charge in [-0.1, -0.05) is 12.1 Å². The summed E-state index contributed by atoms with van der Waals surface area (Å²) in [6.07, 6.45) is 1.77. The summed E-state index contributed by atoms with van der Waals surface area (Å²) in [6.45, 7) is 2.78. The number of hydrogen-bond donors (Lipinski definition) is 2. The molecule has 0 saturated carbocycles. The van der Waals surface area contributed by atoms with Gasteiger partial charge in [0.2, 0.25) is 5.91 Å². The molecule has 112 valence electrons. The van der Waals surface area contributed by atoms with Crippen LogP contribution >= 0.6 is 11.3 Å². The first kappa shape index (κ1) is 15.5. The van der Waals surface area contributed by atoms with Crippen LogP contribution < -0.4 is 15.4 Å². The van der Waals surface area contributed by atoms with Crippen LogP contribution in [-0.2, 0) is 11.3 Å². The van der Waals surface area contributed by atoms with Crippen LogP contribution in [0, 0.1) is 0 Å². The van der Waals surface area contributed by atoms with E-state index in [-0.39, 0.29) is 18.5 Å². The minimum atomic E-state index is -0.0331. The molecule has 2 aromatic rings. The Labute approximate surface area is 128 Å². The minimum absolute atomic E-state index is 0.0331. The highest BCUT2D eigenvalue weighted by atomic mass is 32.1. The third-order valence-electron chi connectivity index (χ3n) is 3.04. The first-order chi connectivity index (χ1) is 10.2. The molecule has 0 aliphatic rings. The molecule has 1 aromatic heterocycles. The number of ether oxygens (including phenoxy) is 1. The third-order valence-corrected chi connectivity index (χ3v) is 4.00. The van der Waals surface area contributed by atoms with Gasteiger partial charge in [0, 0.05) is 18.1 Å². The second kappa shape index (κ2) is 7.75. The summed E-state index contributed by atoms with van der Waals surface area (Å²) >= 11 is 1.58. The van der Waals surface area contributed by atoms with E-state index in [4.69, 9.17) is 4.74 Å². The number of nitrogens with zero attached hydrogens (tertiary/aromatic N) is 1. The SMILES string of the molecule is COc1ccc(CNC(=O)CN[C@@H](C)c2nccs2)cc1. The van der Waals surface area contributed by atoms with Gasteiger partial charge in [-0.05, 0) is 24.6 Å². The fourth-order valence-corrected chi connectivity index (χ4v) is 2.46. The van der Waals surface area contributed by atoms with Crippen LogP contribution in [0.25, 0.3) is 0 Å². The fraction of sp³-hybridized carbons (Fsp3) is 0.333. The molecular formula is C15H19N3O2S. The van der Waals surface area contributed by atoms with Crippen LogP contribution in [0.3, 0.4) is 0 Å². The van der Waals surface area contributed by atoms with Crippen molar-refractivity contribution in [2.75, 3.05) is 13.7 Å². The summed E-state index contributed by atoms with van der Waals surface area (Å²) in [5.41, 5.74) is 1.04. The smallest absolute Gasteiger partial charge is 0.234 e. The van der Waals surface area contributed by atoms with E-state index >= 15 is 0 Å². The Balaban J connectivity index is 1.71. The van der Waals surface area contributed by atoms with Crippen LogP contribution in [0.4, 0.5) is 0 Å². The number of carbonyl (C=O) groups is 1. The molecule has 21 heavy (non-hydrogen) atoms. The van der Waals surface area contributed by atoms with E-state index in [0.717, 1.165) is 16.3 Å². The van der Waals surface area contributed by atoms with Crippen molar-refractivity contribution < 1.29 is 9.53 Å². The lowest BCUT2D eigenvalue weighted by molar-refractivity contribution is -0.120. The first-order valence-electron chi connectivity index (χ1n) is 6.71. The number of benzene rings is 1. The van der Waals surface area contributed by atoms with Crippen LogP contribution in [0.5, 0.6) is 5.75 Å². The summed E-state index contributed by atoms with van der Waals surface area (Å²) in [5, 5.41) is 8.95. The van der Waals surface area contributed by atoms with Gasteiger partial charge < -0.3 is 10.1 Å². The lowest BCUT2D eigenvalue weighted by Gasteiger charge is -2.11. The Morgan fingerprint density at radius 2 is 2.14 bits per heavy atom. The van der Waals surface area contributed by atoms with Crippen LogP contribution in [0.15, 0.2) is 35.8 Å². The van der Waals surface area contributed by atoms with E-state index in [1.807, 2.05) is 36.6 Å². The van der Waals surface area contributed by atoms with E-state index in [2.05, 4.69) is 15.6 Å². The van der Waals surface area contributed by atoms with Crippen molar-refractivity contribution in [2.24, 2.45) is 0 Å². The number of amides is 1. The standard InChI is InChI=1S/C15H19N3O2S/c1-11(15-16-7-8-21-15)17-10-14(19)18-9-12-3-5-13(20-2)6-4-12/h3-8,11,17H,9-10H2,1-2H3,(H,18,19)/t11-/m0/s1. The zero-order valence-corrected chi connectivity index (χ0v) is 12.9. The molecule has 0 spiro atoms. The highest BCUT2D eigenvalue weighted by Crippen LogP contribution is 2.14. The van der Waals surface area contributed by atoms with Crippen molar-refractivity contribution >= 4 is 17.2 Å². The second-order valence-electron chi connectivity index (χ2n) is 4.60. The zero-order chi connectivity index (χ0) is 15.1. The Morgan fingerprint density at radius 1 is 1.38 bits per heavy atom. The van der Waals surface area contributed by atoms with Crippen molar-refractivity contribution in [1.29, 1.82) is 0 Å². The second-order valence-corrected chi connectivity index (χ2v) is 5.52. The van der Waals surface area contributed by atoms with Crippen molar-refractivity contribution in [3.63, 3.8) is 0 Å². The van der Waals surface area contributed by atoms with Crippen molar-refractivity contribution in [3.05, 3.63) is 46.4 Å². The van der Waals surface area contributed by atoms with Crippen LogP contribution in [0.1, 0.15) is 23.5 Å². The maximum atomic E-state index is 11.8. The molecule has 0 saturated heterocycles. The van der Waals surface area contributed by atoms with Crippen molar-refractivity contribution in [1.82, 2.24) is 15.6 Å². The summed E-state index contributed by atoms with van der Waals surface area (Å²) in [6, 6.07) is 7.71. The van der Waals surface area contributed by atoms with Gasteiger partial charge in [0.15, 0.2) is 0 Å². The first-order valence-corrected chi connectivity index (χ1v) is 7.59. The minimum Gasteiger partial charge on any atom is -0.497 e. The van der Waals surface area contributed by atoms with E-state index in [1.165, 1.54) is 0 Å². The monoisotopic (exact) mass is 305 g/mol. The molecule has 0 aliphatic carbocycles. The molecule has 0 fully saturated rings. The van der Waals surface area contributed by atoms with E-state index in [9.17, 15) is 4.79 Å². The topological polar surface area (TPSA) is 63.2 Å². The number of methoxy groups -OCH3 is 1. The fourth-order valence-electron chi connectivity index (χ4n) is 1.79. The summed E-state index contributed by atoms with van der Waals surface area (Å²) in [7, 11) is 1.63. The molecule has 1 heterocycles. The molecule has 5 nitrogen and oxygen atoms in total. The van der Waals surface area contributed by atoms with Gasteiger partial charge in [-0.3, -0.25) is 10.1 Å². The van der Waals surface area contributed by atoms with Gasteiger partial charge in [-0.25, -0.2) is 4.98 Å². The van der Waals surface area contributed by atoms with Gasteiger partial charge in [-0.15, -0.1) is 11.3 Å². The Kier molecular flexibility index (Phi) is 5.71. The summed E-state index contributed by atoms with van der Waals surface area (Å²) in [4.78, 5) is 16.0. The molecule has 0 bridgehead atoms. The maximum Gasteiger partial charge on any atom is 0.234 e. The average molecular weight is 305 g/mol. The van der Waals surface area contributed by atoms with Gasteiger partial charge >= 0.3 is 0 Å². The lowest BCUT2D eigenvalue weighted by Crippen LogP contribution is -2.34. The summed E-state index contributed by atoms with van der Waals surface area (Å²) < 4.78 is 5.09. The van der Waals surface area contributed by atoms with Crippen molar-refractivity contribution in [2.45, 2.75) is 19.5 Å². The molecule has 2 N–H and O–H groups in total. The van der Waals surface area contributed by atoms with E-state index < -0.39 is 0 Å². The van der Waals surface area contributed by atoms with Gasteiger partial charge in [-0.2, -0.15) is 0 Å². The number of rotatable bonds is 7. The molecule has 0 unspecified atom stereocenters. The average Bonchev–Trinajstić information content (AvgIpc) is 3.05. The quantitative estimate of drug-likeness (QED) is 0.822.